The summed E-state index contributed by atoms with van der Waals surface area (Å²) in [7, 11) is 0. The van der Waals surface area contributed by atoms with E-state index in [2.05, 4.69) is 205 Å². The summed E-state index contributed by atoms with van der Waals surface area (Å²) < 4.78 is 5.19. The third-order valence-electron chi connectivity index (χ3n) is 10.9. The van der Waals surface area contributed by atoms with E-state index in [1.165, 1.54) is 90.2 Å². The second kappa shape index (κ2) is 13.1. The van der Waals surface area contributed by atoms with Crippen LogP contribution < -0.4 is 4.90 Å². The van der Waals surface area contributed by atoms with Gasteiger partial charge >= 0.3 is 0 Å². The van der Waals surface area contributed by atoms with Crippen molar-refractivity contribution in [3.8, 4) is 33.4 Å². The van der Waals surface area contributed by atoms with Crippen molar-refractivity contribution >= 4 is 90.9 Å². The highest BCUT2D eigenvalue weighted by atomic mass is 32.1. The fourth-order valence-corrected chi connectivity index (χ4v) is 10.7. The van der Waals surface area contributed by atoms with Gasteiger partial charge in [0.1, 0.15) is 0 Å². The first kappa shape index (κ1) is 32.0. The smallest absolute Gasteiger partial charge is 0.0640 e. The molecule has 258 valence electrons. The molecule has 2 heterocycles. The number of thiophene rings is 2. The summed E-state index contributed by atoms with van der Waals surface area (Å²) >= 11 is 3.74. The lowest BCUT2D eigenvalue weighted by atomic mass is 9.89. The first-order valence-electron chi connectivity index (χ1n) is 18.7. The molecule has 11 rings (SSSR count). The van der Waals surface area contributed by atoms with Gasteiger partial charge in [-0.3, -0.25) is 0 Å². The zero-order chi connectivity index (χ0) is 36.3. The summed E-state index contributed by atoms with van der Waals surface area (Å²) in [5, 5.41) is 7.69. The quantitative estimate of drug-likeness (QED) is 0.164. The van der Waals surface area contributed by atoms with Crippen molar-refractivity contribution in [2.24, 2.45) is 0 Å². The highest BCUT2D eigenvalue weighted by molar-refractivity contribution is 7.26. The van der Waals surface area contributed by atoms with Gasteiger partial charge in [-0.25, -0.2) is 0 Å². The van der Waals surface area contributed by atoms with E-state index in [-0.39, 0.29) is 0 Å². The molecule has 0 fully saturated rings. The monoisotopic (exact) mass is 735 g/mol. The fourth-order valence-electron chi connectivity index (χ4n) is 8.36. The standard InChI is InChI=1S/C52H33NS2/c1-2-13-34(14-3-1)35-27-29-37(30-28-35)53(47-23-11-22-44-42-18-6-8-24-48(42)55-52(44)47)38-31-32-41(40-20-10-16-36-15-4-5-17-39(36)40)46(33-38)43-21-12-26-50-51(43)45-19-7-9-25-49(45)54-50/h1-33H. The zero-order valence-corrected chi connectivity index (χ0v) is 31.4. The molecule has 0 aliphatic rings. The molecule has 3 heteroatoms. The van der Waals surface area contributed by atoms with Gasteiger partial charge in [-0.15, -0.1) is 22.7 Å². The van der Waals surface area contributed by atoms with Crippen molar-refractivity contribution < 1.29 is 0 Å². The molecule has 0 N–H and O–H groups in total. The van der Waals surface area contributed by atoms with E-state index in [4.69, 9.17) is 0 Å². The fraction of sp³-hybridized carbons (Fsp3) is 0. The molecule has 0 atom stereocenters. The van der Waals surface area contributed by atoms with Gasteiger partial charge < -0.3 is 4.90 Å². The lowest BCUT2D eigenvalue weighted by Crippen LogP contribution is -2.10. The number of anilines is 3. The Morgan fingerprint density at radius 2 is 0.927 bits per heavy atom. The van der Waals surface area contributed by atoms with Crippen LogP contribution in [0.3, 0.4) is 0 Å². The van der Waals surface area contributed by atoms with Crippen LogP contribution in [0.1, 0.15) is 0 Å². The lowest BCUT2D eigenvalue weighted by molar-refractivity contribution is 1.30. The van der Waals surface area contributed by atoms with Crippen LogP contribution in [0.25, 0.3) is 84.5 Å². The summed E-state index contributed by atoms with van der Waals surface area (Å²) in [5.41, 5.74) is 10.8. The van der Waals surface area contributed by atoms with E-state index in [1.807, 2.05) is 22.7 Å². The Labute approximate surface area is 327 Å². The average molecular weight is 736 g/mol. The van der Waals surface area contributed by atoms with Crippen molar-refractivity contribution in [2.45, 2.75) is 0 Å². The molecule has 0 aliphatic heterocycles. The van der Waals surface area contributed by atoms with Crippen LogP contribution in [0.15, 0.2) is 200 Å². The van der Waals surface area contributed by atoms with Gasteiger partial charge in [0, 0.05) is 47.0 Å². The van der Waals surface area contributed by atoms with E-state index in [9.17, 15) is 0 Å². The molecular formula is C52H33NS2. The van der Waals surface area contributed by atoms with E-state index in [0.29, 0.717) is 0 Å². The Kier molecular flexibility index (Phi) is 7.61. The lowest BCUT2D eigenvalue weighted by Gasteiger charge is -2.28. The normalized spacial score (nSPS) is 11.6. The second-order valence-corrected chi connectivity index (χ2v) is 16.2. The summed E-state index contributed by atoms with van der Waals surface area (Å²) in [4.78, 5) is 2.47. The van der Waals surface area contributed by atoms with E-state index in [0.717, 1.165) is 11.4 Å². The van der Waals surface area contributed by atoms with Crippen molar-refractivity contribution in [1.29, 1.82) is 0 Å². The van der Waals surface area contributed by atoms with Gasteiger partial charge in [-0.05, 0) is 92.7 Å². The molecule has 0 radical (unpaired) electrons. The maximum atomic E-state index is 2.47. The van der Waals surface area contributed by atoms with Crippen molar-refractivity contribution in [3.05, 3.63) is 200 Å². The first-order chi connectivity index (χ1) is 27.3. The van der Waals surface area contributed by atoms with E-state index < -0.39 is 0 Å². The Morgan fingerprint density at radius 1 is 0.327 bits per heavy atom. The molecule has 0 aliphatic carbocycles. The minimum atomic E-state index is 1.12. The second-order valence-electron chi connectivity index (χ2n) is 14.0. The minimum absolute atomic E-state index is 1.12. The number of hydrogen-bond donors (Lipinski definition) is 0. The molecular weight excluding hydrogens is 703 g/mol. The molecule has 0 spiro atoms. The maximum absolute atomic E-state index is 2.47. The third kappa shape index (κ3) is 5.35. The summed E-state index contributed by atoms with van der Waals surface area (Å²) in [6.45, 7) is 0. The Bertz CT molecular complexity index is 3200. The van der Waals surface area contributed by atoms with Crippen LogP contribution in [-0.4, -0.2) is 0 Å². The maximum Gasteiger partial charge on any atom is 0.0640 e. The van der Waals surface area contributed by atoms with Gasteiger partial charge in [-0.1, -0.05) is 152 Å². The van der Waals surface area contributed by atoms with Gasteiger partial charge in [0.2, 0.25) is 0 Å². The van der Waals surface area contributed by atoms with E-state index in [1.54, 1.807) is 0 Å². The largest absolute Gasteiger partial charge is 0.309 e. The summed E-state index contributed by atoms with van der Waals surface area (Å²) in [5.74, 6) is 0. The number of benzene rings is 9. The molecule has 0 bridgehead atoms. The van der Waals surface area contributed by atoms with Crippen molar-refractivity contribution in [2.75, 3.05) is 4.90 Å². The first-order valence-corrected chi connectivity index (χ1v) is 20.3. The summed E-state index contributed by atoms with van der Waals surface area (Å²) in [6, 6.07) is 73.5. The molecule has 0 saturated carbocycles. The van der Waals surface area contributed by atoms with Crippen LogP contribution in [0, 0.1) is 0 Å². The van der Waals surface area contributed by atoms with Crippen molar-refractivity contribution in [3.63, 3.8) is 0 Å². The molecule has 0 unspecified atom stereocenters. The van der Waals surface area contributed by atoms with Gasteiger partial charge in [-0.2, -0.15) is 0 Å². The zero-order valence-electron chi connectivity index (χ0n) is 29.8. The molecule has 1 nitrogen and oxygen atoms in total. The average Bonchev–Trinajstić information content (AvgIpc) is 3.83. The minimum Gasteiger partial charge on any atom is -0.309 e. The Balaban J connectivity index is 1.20. The SMILES string of the molecule is c1ccc(-c2ccc(N(c3ccc(-c4cccc5ccccc45)c(-c4cccc5sc6ccccc6c45)c3)c3cccc4c3sc3ccccc34)cc2)cc1. The Hall–Kier alpha value is -6.52. The number of nitrogens with zero attached hydrogens (tertiary/aromatic N) is 1. The van der Waals surface area contributed by atoms with Crippen LogP contribution in [-0.2, 0) is 0 Å². The number of fused-ring (bicyclic) bond motifs is 7. The van der Waals surface area contributed by atoms with Crippen LogP contribution >= 0.6 is 22.7 Å². The molecule has 2 aromatic heterocycles. The van der Waals surface area contributed by atoms with Gasteiger partial charge in [0.15, 0.2) is 0 Å². The van der Waals surface area contributed by atoms with E-state index >= 15 is 0 Å². The van der Waals surface area contributed by atoms with Gasteiger partial charge in [0.05, 0.1) is 10.4 Å². The predicted octanol–water partition coefficient (Wildman–Crippen LogP) is 16.0. The van der Waals surface area contributed by atoms with Crippen LogP contribution in [0.2, 0.25) is 0 Å². The molecule has 0 saturated heterocycles. The Morgan fingerprint density at radius 3 is 1.78 bits per heavy atom. The summed E-state index contributed by atoms with van der Waals surface area (Å²) in [6.07, 6.45) is 0. The molecule has 9 aromatic carbocycles. The number of rotatable bonds is 6. The third-order valence-corrected chi connectivity index (χ3v) is 13.2. The highest BCUT2D eigenvalue weighted by Crippen LogP contribution is 2.49. The van der Waals surface area contributed by atoms with Crippen LogP contribution in [0.4, 0.5) is 17.1 Å². The number of hydrogen-bond acceptors (Lipinski definition) is 3. The molecule has 11 aromatic rings. The van der Waals surface area contributed by atoms with Gasteiger partial charge in [0.25, 0.3) is 0 Å². The molecule has 0 amide bonds. The van der Waals surface area contributed by atoms with Crippen LogP contribution in [0.5, 0.6) is 0 Å². The van der Waals surface area contributed by atoms with Crippen molar-refractivity contribution in [1.82, 2.24) is 0 Å². The topological polar surface area (TPSA) is 3.24 Å². The predicted molar refractivity (Wildman–Crippen MR) is 241 cm³/mol. The highest BCUT2D eigenvalue weighted by Gasteiger charge is 2.22. The molecule has 55 heavy (non-hydrogen) atoms.